The number of aryl methyl sites for hydroxylation is 1. The summed E-state index contributed by atoms with van der Waals surface area (Å²) in [6, 6.07) is 14.0. The highest BCUT2D eigenvalue weighted by molar-refractivity contribution is 6.30. The smallest absolute Gasteiger partial charge is 0.124 e. The van der Waals surface area contributed by atoms with Gasteiger partial charge >= 0.3 is 0 Å². The fourth-order valence-electron chi connectivity index (χ4n) is 2.26. The Hall–Kier alpha value is -1.55. The summed E-state index contributed by atoms with van der Waals surface area (Å²) in [4.78, 5) is 0. The molecule has 0 saturated heterocycles. The van der Waals surface area contributed by atoms with Crippen LogP contribution < -0.4 is 10.1 Å². The molecule has 0 amide bonds. The van der Waals surface area contributed by atoms with Crippen molar-refractivity contribution >= 4 is 11.6 Å². The molecule has 1 atom stereocenters. The third-order valence-electron chi connectivity index (χ3n) is 3.83. The first kappa shape index (κ1) is 17.8. The van der Waals surface area contributed by atoms with Crippen molar-refractivity contribution in [3.05, 3.63) is 64.2 Å². The Kier molecular flexibility index (Phi) is 6.90. The van der Waals surface area contributed by atoms with Crippen molar-refractivity contribution in [3.8, 4) is 5.75 Å². The maximum atomic E-state index is 9.28. The fraction of sp³-hybridized carbons (Fsp3) is 0.368. The van der Waals surface area contributed by atoms with Crippen molar-refractivity contribution < 1.29 is 9.84 Å². The Balaban J connectivity index is 2.04. The molecule has 124 valence electrons. The Morgan fingerprint density at radius 2 is 1.91 bits per heavy atom. The lowest BCUT2D eigenvalue weighted by Crippen LogP contribution is -2.31. The predicted molar refractivity (Wildman–Crippen MR) is 95.0 cm³/mol. The average molecular weight is 334 g/mol. The average Bonchev–Trinajstić information content (AvgIpc) is 2.56. The van der Waals surface area contributed by atoms with Gasteiger partial charge in [0, 0.05) is 23.2 Å². The molecule has 2 rings (SSSR count). The normalized spacial score (nSPS) is 12.2. The lowest BCUT2D eigenvalue weighted by atomic mass is 10.1. The SMILES string of the molecule is CC[C@@H](CO)NCc1cc(Cl)ccc1OCc1ccc(C)cc1. The molecule has 2 aromatic rings. The van der Waals surface area contributed by atoms with E-state index in [4.69, 9.17) is 16.3 Å². The molecule has 0 aliphatic rings. The van der Waals surface area contributed by atoms with E-state index in [1.165, 1.54) is 5.56 Å². The van der Waals surface area contributed by atoms with E-state index >= 15 is 0 Å². The highest BCUT2D eigenvalue weighted by Crippen LogP contribution is 2.24. The third kappa shape index (κ3) is 5.54. The van der Waals surface area contributed by atoms with E-state index in [1.807, 2.05) is 25.1 Å². The van der Waals surface area contributed by atoms with Crippen LogP contribution in [0.15, 0.2) is 42.5 Å². The van der Waals surface area contributed by atoms with Crippen molar-refractivity contribution in [2.24, 2.45) is 0 Å². The number of aliphatic hydroxyl groups is 1. The maximum Gasteiger partial charge on any atom is 0.124 e. The van der Waals surface area contributed by atoms with E-state index < -0.39 is 0 Å². The number of benzene rings is 2. The molecule has 0 aromatic heterocycles. The number of rotatable bonds is 8. The lowest BCUT2D eigenvalue weighted by molar-refractivity contribution is 0.237. The topological polar surface area (TPSA) is 41.5 Å². The Morgan fingerprint density at radius 3 is 2.57 bits per heavy atom. The van der Waals surface area contributed by atoms with Gasteiger partial charge < -0.3 is 15.2 Å². The second-order valence-corrected chi connectivity index (χ2v) is 6.13. The summed E-state index contributed by atoms with van der Waals surface area (Å²) in [5.74, 6) is 0.815. The summed E-state index contributed by atoms with van der Waals surface area (Å²) >= 11 is 6.10. The second kappa shape index (κ2) is 8.92. The molecule has 3 nitrogen and oxygen atoms in total. The Labute approximate surface area is 143 Å². The fourth-order valence-corrected chi connectivity index (χ4v) is 2.46. The minimum atomic E-state index is 0.0823. The van der Waals surface area contributed by atoms with Crippen LogP contribution in [0.4, 0.5) is 0 Å². The zero-order chi connectivity index (χ0) is 16.7. The van der Waals surface area contributed by atoms with E-state index in [2.05, 4.69) is 36.5 Å². The van der Waals surface area contributed by atoms with Crippen LogP contribution in [-0.2, 0) is 13.2 Å². The van der Waals surface area contributed by atoms with Gasteiger partial charge in [-0.15, -0.1) is 0 Å². The van der Waals surface area contributed by atoms with Crippen molar-refractivity contribution in [1.29, 1.82) is 0 Å². The Morgan fingerprint density at radius 1 is 1.17 bits per heavy atom. The van der Waals surface area contributed by atoms with Gasteiger partial charge in [-0.25, -0.2) is 0 Å². The summed E-state index contributed by atoms with van der Waals surface area (Å²) in [7, 11) is 0. The van der Waals surface area contributed by atoms with Crippen LogP contribution in [0, 0.1) is 6.92 Å². The van der Waals surface area contributed by atoms with E-state index in [0.717, 1.165) is 23.3 Å². The standard InChI is InChI=1S/C19H24ClNO2/c1-3-18(12-22)21-11-16-10-17(20)8-9-19(16)23-13-15-6-4-14(2)5-7-15/h4-10,18,21-22H,3,11-13H2,1-2H3/t18-/m0/s1. The van der Waals surface area contributed by atoms with Gasteiger partial charge in [0.05, 0.1) is 6.61 Å². The van der Waals surface area contributed by atoms with Gasteiger partial charge in [0.1, 0.15) is 12.4 Å². The Bertz CT molecular complexity index is 609. The summed E-state index contributed by atoms with van der Waals surface area (Å²) in [6.45, 7) is 5.37. The molecule has 0 fully saturated rings. The van der Waals surface area contributed by atoms with E-state index in [-0.39, 0.29) is 12.6 Å². The van der Waals surface area contributed by atoms with Crippen LogP contribution in [0.5, 0.6) is 5.75 Å². The van der Waals surface area contributed by atoms with Gasteiger partial charge in [0.15, 0.2) is 0 Å². The van der Waals surface area contributed by atoms with Gasteiger partial charge in [-0.3, -0.25) is 0 Å². The number of hydrogen-bond acceptors (Lipinski definition) is 3. The molecule has 4 heteroatoms. The summed E-state index contributed by atoms with van der Waals surface area (Å²) in [6.07, 6.45) is 0.872. The quantitative estimate of drug-likeness (QED) is 0.764. The summed E-state index contributed by atoms with van der Waals surface area (Å²) < 4.78 is 5.96. The first-order valence-corrected chi connectivity index (χ1v) is 8.31. The summed E-state index contributed by atoms with van der Waals surface area (Å²) in [5.41, 5.74) is 3.36. The molecule has 0 spiro atoms. The van der Waals surface area contributed by atoms with Crippen LogP contribution in [-0.4, -0.2) is 17.8 Å². The summed E-state index contributed by atoms with van der Waals surface area (Å²) in [5, 5.41) is 13.3. The highest BCUT2D eigenvalue weighted by atomic mass is 35.5. The van der Waals surface area contributed by atoms with Crippen molar-refractivity contribution in [2.75, 3.05) is 6.61 Å². The molecule has 0 saturated carbocycles. The van der Waals surface area contributed by atoms with E-state index in [9.17, 15) is 5.11 Å². The number of nitrogens with one attached hydrogen (secondary N) is 1. The van der Waals surface area contributed by atoms with E-state index in [0.29, 0.717) is 18.2 Å². The van der Waals surface area contributed by atoms with Gasteiger partial charge in [-0.05, 0) is 37.1 Å². The van der Waals surface area contributed by atoms with Gasteiger partial charge in [-0.1, -0.05) is 48.4 Å². The predicted octanol–water partition coefficient (Wildman–Crippen LogP) is 4.09. The highest BCUT2D eigenvalue weighted by Gasteiger charge is 2.09. The lowest BCUT2D eigenvalue weighted by Gasteiger charge is -2.17. The van der Waals surface area contributed by atoms with Crippen molar-refractivity contribution in [3.63, 3.8) is 0 Å². The number of aliphatic hydroxyl groups excluding tert-OH is 1. The molecule has 0 unspecified atom stereocenters. The number of hydrogen-bond donors (Lipinski definition) is 2. The molecule has 0 aliphatic heterocycles. The molecule has 0 radical (unpaired) electrons. The van der Waals surface area contributed by atoms with Crippen LogP contribution >= 0.6 is 11.6 Å². The van der Waals surface area contributed by atoms with Gasteiger partial charge in [0.25, 0.3) is 0 Å². The van der Waals surface area contributed by atoms with Gasteiger partial charge in [-0.2, -0.15) is 0 Å². The molecular weight excluding hydrogens is 310 g/mol. The molecule has 2 aromatic carbocycles. The molecule has 2 N–H and O–H groups in total. The monoisotopic (exact) mass is 333 g/mol. The first-order valence-electron chi connectivity index (χ1n) is 7.93. The zero-order valence-corrected chi connectivity index (χ0v) is 14.4. The minimum Gasteiger partial charge on any atom is -0.489 e. The molecule has 0 heterocycles. The van der Waals surface area contributed by atoms with Crippen molar-refractivity contribution in [1.82, 2.24) is 5.32 Å². The maximum absolute atomic E-state index is 9.28. The van der Waals surface area contributed by atoms with Crippen LogP contribution in [0.2, 0.25) is 5.02 Å². The zero-order valence-electron chi connectivity index (χ0n) is 13.7. The molecule has 0 aliphatic carbocycles. The van der Waals surface area contributed by atoms with Crippen molar-refractivity contribution in [2.45, 2.75) is 39.5 Å². The molecular formula is C19H24ClNO2. The molecule has 23 heavy (non-hydrogen) atoms. The van der Waals surface area contributed by atoms with Crippen LogP contribution in [0.3, 0.4) is 0 Å². The van der Waals surface area contributed by atoms with Crippen LogP contribution in [0.25, 0.3) is 0 Å². The number of halogens is 1. The number of ether oxygens (including phenoxy) is 1. The van der Waals surface area contributed by atoms with Gasteiger partial charge in [0.2, 0.25) is 0 Å². The first-order chi connectivity index (χ1) is 11.1. The second-order valence-electron chi connectivity index (χ2n) is 5.69. The molecule has 0 bridgehead atoms. The van der Waals surface area contributed by atoms with Crippen LogP contribution in [0.1, 0.15) is 30.0 Å². The largest absolute Gasteiger partial charge is 0.489 e. The third-order valence-corrected chi connectivity index (χ3v) is 4.07. The van der Waals surface area contributed by atoms with E-state index in [1.54, 1.807) is 0 Å². The minimum absolute atomic E-state index is 0.0823.